The molecule has 24 heavy (non-hydrogen) atoms. The standard InChI is InChI=1S/C17H22N2O5/c1-6-24-17(21)15-14(19-16(20)9(2)3)10-7-12(22-4)13(23-5)8-11(10)18-15/h7-9,18H,6H2,1-5H3,(H,19,20). The Morgan fingerprint density at radius 3 is 2.33 bits per heavy atom. The van der Waals surface area contributed by atoms with E-state index in [9.17, 15) is 9.59 Å². The summed E-state index contributed by atoms with van der Waals surface area (Å²) in [7, 11) is 3.05. The number of methoxy groups -OCH3 is 2. The molecule has 1 amide bonds. The number of benzene rings is 1. The highest BCUT2D eigenvalue weighted by Gasteiger charge is 2.23. The van der Waals surface area contributed by atoms with Crippen LogP contribution in [0.4, 0.5) is 5.69 Å². The Bertz CT molecular complexity index is 764. The molecule has 1 aromatic heterocycles. The van der Waals surface area contributed by atoms with E-state index in [1.807, 2.05) is 0 Å². The number of aromatic amines is 1. The number of amides is 1. The minimum Gasteiger partial charge on any atom is -0.493 e. The van der Waals surface area contributed by atoms with E-state index in [2.05, 4.69) is 10.3 Å². The van der Waals surface area contributed by atoms with Crippen LogP contribution in [0.5, 0.6) is 11.5 Å². The quantitative estimate of drug-likeness (QED) is 0.793. The molecule has 0 spiro atoms. The topological polar surface area (TPSA) is 89.7 Å². The molecule has 1 heterocycles. The maximum atomic E-state index is 12.2. The van der Waals surface area contributed by atoms with E-state index >= 15 is 0 Å². The zero-order chi connectivity index (χ0) is 17.9. The van der Waals surface area contributed by atoms with Crippen molar-refractivity contribution < 1.29 is 23.8 Å². The van der Waals surface area contributed by atoms with Gasteiger partial charge in [-0.25, -0.2) is 4.79 Å². The van der Waals surface area contributed by atoms with Gasteiger partial charge in [0.1, 0.15) is 5.69 Å². The van der Waals surface area contributed by atoms with Crippen molar-refractivity contribution in [3.05, 3.63) is 17.8 Å². The summed E-state index contributed by atoms with van der Waals surface area (Å²) < 4.78 is 15.6. The zero-order valence-corrected chi connectivity index (χ0v) is 14.5. The first-order valence-electron chi connectivity index (χ1n) is 7.68. The molecule has 0 saturated carbocycles. The third-order valence-electron chi connectivity index (χ3n) is 3.55. The first-order valence-corrected chi connectivity index (χ1v) is 7.68. The van der Waals surface area contributed by atoms with Crippen LogP contribution in [0, 0.1) is 5.92 Å². The van der Waals surface area contributed by atoms with Crippen molar-refractivity contribution in [2.24, 2.45) is 5.92 Å². The van der Waals surface area contributed by atoms with E-state index in [0.29, 0.717) is 28.1 Å². The highest BCUT2D eigenvalue weighted by molar-refractivity contribution is 6.11. The molecule has 7 nitrogen and oxygen atoms in total. The Hall–Kier alpha value is -2.70. The average molecular weight is 334 g/mol. The number of fused-ring (bicyclic) bond motifs is 1. The molecule has 0 aliphatic heterocycles. The number of hydrogen-bond donors (Lipinski definition) is 2. The Morgan fingerprint density at radius 2 is 1.79 bits per heavy atom. The fourth-order valence-electron chi connectivity index (χ4n) is 2.27. The summed E-state index contributed by atoms with van der Waals surface area (Å²) in [5.41, 5.74) is 1.20. The maximum absolute atomic E-state index is 12.2. The molecule has 2 aromatic rings. The lowest BCUT2D eigenvalue weighted by molar-refractivity contribution is -0.118. The van der Waals surface area contributed by atoms with Crippen molar-refractivity contribution in [3.63, 3.8) is 0 Å². The molecule has 0 aliphatic carbocycles. The van der Waals surface area contributed by atoms with Gasteiger partial charge in [0.25, 0.3) is 0 Å². The van der Waals surface area contributed by atoms with Crippen LogP contribution in [0.25, 0.3) is 10.9 Å². The van der Waals surface area contributed by atoms with E-state index in [0.717, 1.165) is 0 Å². The van der Waals surface area contributed by atoms with Crippen molar-refractivity contribution in [1.82, 2.24) is 4.98 Å². The van der Waals surface area contributed by atoms with Crippen LogP contribution in [0.2, 0.25) is 0 Å². The number of ether oxygens (including phenoxy) is 3. The molecular formula is C17H22N2O5. The molecule has 2 N–H and O–H groups in total. The van der Waals surface area contributed by atoms with Gasteiger partial charge in [-0.3, -0.25) is 4.79 Å². The molecule has 1 aromatic carbocycles. The van der Waals surface area contributed by atoms with Crippen molar-refractivity contribution in [3.8, 4) is 11.5 Å². The molecule has 0 unspecified atom stereocenters. The van der Waals surface area contributed by atoms with E-state index in [1.54, 1.807) is 32.9 Å². The van der Waals surface area contributed by atoms with Crippen molar-refractivity contribution in [2.45, 2.75) is 20.8 Å². The second-order valence-electron chi connectivity index (χ2n) is 5.49. The number of carbonyl (C=O) groups is 2. The van der Waals surface area contributed by atoms with E-state index < -0.39 is 5.97 Å². The third kappa shape index (κ3) is 3.29. The van der Waals surface area contributed by atoms with Crippen LogP contribution in [-0.4, -0.2) is 37.7 Å². The lowest BCUT2D eigenvalue weighted by Gasteiger charge is -2.10. The van der Waals surface area contributed by atoms with Crippen molar-refractivity contribution >= 4 is 28.5 Å². The van der Waals surface area contributed by atoms with Crippen LogP contribution in [-0.2, 0) is 9.53 Å². The molecule has 7 heteroatoms. The van der Waals surface area contributed by atoms with Crippen LogP contribution < -0.4 is 14.8 Å². The van der Waals surface area contributed by atoms with Gasteiger partial charge in [0.05, 0.1) is 32.0 Å². The highest BCUT2D eigenvalue weighted by atomic mass is 16.5. The van der Waals surface area contributed by atoms with Crippen LogP contribution in [0.15, 0.2) is 12.1 Å². The van der Waals surface area contributed by atoms with Gasteiger partial charge in [-0.05, 0) is 13.0 Å². The maximum Gasteiger partial charge on any atom is 0.356 e. The van der Waals surface area contributed by atoms with E-state index in [-0.39, 0.29) is 24.1 Å². The summed E-state index contributed by atoms with van der Waals surface area (Å²) in [6, 6.07) is 3.42. The number of hydrogen-bond acceptors (Lipinski definition) is 5. The lowest BCUT2D eigenvalue weighted by Crippen LogP contribution is -2.19. The average Bonchev–Trinajstić information content (AvgIpc) is 2.91. The molecule has 2 rings (SSSR count). The van der Waals surface area contributed by atoms with Gasteiger partial charge in [-0.2, -0.15) is 0 Å². The highest BCUT2D eigenvalue weighted by Crippen LogP contribution is 2.37. The van der Waals surface area contributed by atoms with Gasteiger partial charge in [0.15, 0.2) is 11.5 Å². The summed E-state index contributed by atoms with van der Waals surface area (Å²) in [5, 5.41) is 3.44. The number of rotatable bonds is 6. The fraction of sp³-hybridized carbons (Fsp3) is 0.412. The van der Waals surface area contributed by atoms with Gasteiger partial charge in [-0.1, -0.05) is 13.8 Å². The van der Waals surface area contributed by atoms with Crippen molar-refractivity contribution in [2.75, 3.05) is 26.1 Å². The van der Waals surface area contributed by atoms with Gasteiger partial charge in [-0.15, -0.1) is 0 Å². The predicted octanol–water partition coefficient (Wildman–Crippen LogP) is 2.96. The number of aromatic nitrogens is 1. The minimum atomic E-state index is -0.536. The molecular weight excluding hydrogens is 312 g/mol. The molecule has 0 radical (unpaired) electrons. The third-order valence-corrected chi connectivity index (χ3v) is 3.55. The molecule has 0 atom stereocenters. The summed E-state index contributed by atoms with van der Waals surface area (Å²) >= 11 is 0. The SMILES string of the molecule is CCOC(=O)c1[nH]c2cc(OC)c(OC)cc2c1NC(=O)C(C)C. The summed E-state index contributed by atoms with van der Waals surface area (Å²) in [6.07, 6.45) is 0. The Labute approximate surface area is 140 Å². The zero-order valence-electron chi connectivity index (χ0n) is 14.5. The second kappa shape index (κ2) is 7.25. The Kier molecular flexibility index (Phi) is 5.33. The normalized spacial score (nSPS) is 10.8. The minimum absolute atomic E-state index is 0.191. The van der Waals surface area contributed by atoms with Crippen LogP contribution >= 0.6 is 0 Å². The van der Waals surface area contributed by atoms with Crippen molar-refractivity contribution in [1.29, 1.82) is 0 Å². The summed E-state index contributed by atoms with van der Waals surface area (Å²) in [4.78, 5) is 27.4. The molecule has 0 fully saturated rings. The fourth-order valence-corrected chi connectivity index (χ4v) is 2.27. The number of esters is 1. The molecule has 0 saturated heterocycles. The molecule has 0 bridgehead atoms. The first-order chi connectivity index (χ1) is 11.4. The largest absolute Gasteiger partial charge is 0.493 e. The summed E-state index contributed by atoms with van der Waals surface area (Å²) in [6.45, 7) is 5.51. The predicted molar refractivity (Wildman–Crippen MR) is 90.8 cm³/mol. The lowest BCUT2D eigenvalue weighted by atomic mass is 10.1. The number of anilines is 1. The van der Waals surface area contributed by atoms with Crippen LogP contribution in [0.3, 0.4) is 0 Å². The monoisotopic (exact) mass is 334 g/mol. The first kappa shape index (κ1) is 17.7. The van der Waals surface area contributed by atoms with Crippen LogP contribution in [0.1, 0.15) is 31.3 Å². The number of nitrogens with one attached hydrogen (secondary N) is 2. The number of carbonyl (C=O) groups excluding carboxylic acids is 2. The molecule has 0 aliphatic rings. The van der Waals surface area contributed by atoms with E-state index in [4.69, 9.17) is 14.2 Å². The second-order valence-corrected chi connectivity index (χ2v) is 5.49. The van der Waals surface area contributed by atoms with Gasteiger partial charge in [0, 0.05) is 17.4 Å². The number of H-pyrrole nitrogens is 1. The van der Waals surface area contributed by atoms with Gasteiger partial charge < -0.3 is 24.5 Å². The Balaban J connectivity index is 2.65. The molecule has 130 valence electrons. The Morgan fingerprint density at radius 1 is 1.17 bits per heavy atom. The smallest absolute Gasteiger partial charge is 0.356 e. The summed E-state index contributed by atoms with van der Waals surface area (Å²) in [5.74, 6) is 0.0508. The van der Waals surface area contributed by atoms with E-state index in [1.165, 1.54) is 14.2 Å². The van der Waals surface area contributed by atoms with Gasteiger partial charge in [0.2, 0.25) is 5.91 Å². The van der Waals surface area contributed by atoms with Gasteiger partial charge >= 0.3 is 5.97 Å².